The lowest BCUT2D eigenvalue weighted by Gasteiger charge is -2.18. The van der Waals surface area contributed by atoms with Gasteiger partial charge in [-0.2, -0.15) is 0 Å². The molecule has 130 valence electrons. The molecule has 4 aromatic rings. The summed E-state index contributed by atoms with van der Waals surface area (Å²) in [6, 6.07) is 15.6. The van der Waals surface area contributed by atoms with Crippen molar-refractivity contribution in [2.24, 2.45) is 0 Å². The molecular formula is C20H17N3O2S. The van der Waals surface area contributed by atoms with Gasteiger partial charge < -0.3 is 4.52 Å². The summed E-state index contributed by atoms with van der Waals surface area (Å²) in [5.74, 6) is -0.0483. The molecule has 0 atom stereocenters. The van der Waals surface area contributed by atoms with E-state index in [-0.39, 0.29) is 11.7 Å². The average Bonchev–Trinajstić information content (AvgIpc) is 3.29. The number of carbonyl (C=O) groups excluding carboxylic acids is 1. The van der Waals surface area contributed by atoms with Crippen LogP contribution in [0.3, 0.4) is 0 Å². The Kier molecular flexibility index (Phi) is 4.26. The number of carbonyl (C=O) groups is 1. The number of nitrogens with zero attached hydrogens (tertiary/aromatic N) is 3. The molecule has 1 amide bonds. The molecule has 2 aromatic carbocycles. The van der Waals surface area contributed by atoms with Gasteiger partial charge in [0.25, 0.3) is 5.91 Å². The normalized spacial score (nSPS) is 11.0. The molecule has 0 aliphatic carbocycles. The minimum absolute atomic E-state index is 0.202. The minimum Gasteiger partial charge on any atom is -0.351 e. The zero-order chi connectivity index (χ0) is 18.1. The van der Waals surface area contributed by atoms with Crippen LogP contribution in [0, 0.1) is 13.8 Å². The van der Waals surface area contributed by atoms with Crippen molar-refractivity contribution >= 4 is 32.6 Å². The Morgan fingerprint density at radius 2 is 1.96 bits per heavy atom. The number of aromatic nitrogens is 2. The fraction of sp³-hybridized carbons (Fsp3) is 0.150. The second kappa shape index (κ2) is 6.72. The number of aryl methyl sites for hydroxylation is 2. The van der Waals surface area contributed by atoms with Gasteiger partial charge in [-0.1, -0.05) is 52.9 Å². The minimum atomic E-state index is -0.250. The van der Waals surface area contributed by atoms with E-state index in [9.17, 15) is 4.79 Å². The summed E-state index contributed by atoms with van der Waals surface area (Å²) in [7, 11) is 0. The zero-order valence-electron chi connectivity index (χ0n) is 14.5. The summed E-state index contributed by atoms with van der Waals surface area (Å²) >= 11 is 1.52. The number of hydrogen-bond donors (Lipinski definition) is 0. The fourth-order valence-electron chi connectivity index (χ4n) is 2.93. The molecule has 2 aromatic heterocycles. The maximum Gasteiger partial charge on any atom is 0.298 e. The van der Waals surface area contributed by atoms with Gasteiger partial charge in [0.05, 0.1) is 23.0 Å². The third-order valence-corrected chi connectivity index (χ3v) is 5.35. The lowest BCUT2D eigenvalue weighted by molar-refractivity contribution is 0.0949. The SMILES string of the molecule is Cc1cc(C)c2sc(N(Cc3ccccc3)C(=O)c3ccno3)nc2c1. The second-order valence-electron chi connectivity index (χ2n) is 6.18. The first-order valence-electron chi connectivity index (χ1n) is 8.26. The second-order valence-corrected chi connectivity index (χ2v) is 7.16. The number of amides is 1. The van der Waals surface area contributed by atoms with Crippen LogP contribution in [0.2, 0.25) is 0 Å². The third-order valence-electron chi connectivity index (χ3n) is 4.12. The highest BCUT2D eigenvalue weighted by Gasteiger charge is 2.24. The molecule has 0 fully saturated rings. The fourth-order valence-corrected chi connectivity index (χ4v) is 3.95. The highest BCUT2D eigenvalue weighted by molar-refractivity contribution is 7.22. The summed E-state index contributed by atoms with van der Waals surface area (Å²) in [4.78, 5) is 19.4. The van der Waals surface area contributed by atoms with Crippen molar-refractivity contribution in [1.82, 2.24) is 10.1 Å². The van der Waals surface area contributed by atoms with Gasteiger partial charge in [-0.25, -0.2) is 4.98 Å². The maximum absolute atomic E-state index is 13.0. The Bertz CT molecular complexity index is 1060. The first-order valence-corrected chi connectivity index (χ1v) is 9.08. The van der Waals surface area contributed by atoms with E-state index < -0.39 is 0 Å². The Morgan fingerprint density at radius 1 is 1.15 bits per heavy atom. The van der Waals surface area contributed by atoms with Crippen molar-refractivity contribution in [2.45, 2.75) is 20.4 Å². The summed E-state index contributed by atoms with van der Waals surface area (Å²) in [6.45, 7) is 4.53. The van der Waals surface area contributed by atoms with Crippen LogP contribution in [0.25, 0.3) is 10.2 Å². The molecule has 0 spiro atoms. The quantitative estimate of drug-likeness (QED) is 0.525. The Hall–Kier alpha value is -2.99. The van der Waals surface area contributed by atoms with E-state index in [1.54, 1.807) is 11.0 Å². The van der Waals surface area contributed by atoms with Crippen LogP contribution in [0.1, 0.15) is 27.2 Å². The van der Waals surface area contributed by atoms with E-state index in [2.05, 4.69) is 18.1 Å². The molecule has 0 radical (unpaired) electrons. The van der Waals surface area contributed by atoms with Crippen molar-refractivity contribution < 1.29 is 9.32 Å². The van der Waals surface area contributed by atoms with Crippen LogP contribution in [0.4, 0.5) is 5.13 Å². The van der Waals surface area contributed by atoms with Crippen LogP contribution >= 0.6 is 11.3 Å². The molecule has 0 N–H and O–H groups in total. The topological polar surface area (TPSA) is 59.2 Å². The summed E-state index contributed by atoms with van der Waals surface area (Å²) in [6.07, 6.45) is 1.47. The highest BCUT2D eigenvalue weighted by Crippen LogP contribution is 2.33. The van der Waals surface area contributed by atoms with E-state index in [1.807, 2.05) is 43.3 Å². The molecule has 26 heavy (non-hydrogen) atoms. The largest absolute Gasteiger partial charge is 0.351 e. The molecule has 0 unspecified atom stereocenters. The van der Waals surface area contributed by atoms with Gasteiger partial charge in [-0.15, -0.1) is 0 Å². The van der Waals surface area contributed by atoms with Crippen molar-refractivity contribution in [3.8, 4) is 0 Å². The molecule has 0 saturated heterocycles. The number of thiazole rings is 1. The number of benzene rings is 2. The molecule has 0 aliphatic rings. The lowest BCUT2D eigenvalue weighted by atomic mass is 10.1. The van der Waals surface area contributed by atoms with Crippen LogP contribution in [-0.2, 0) is 6.54 Å². The summed E-state index contributed by atoms with van der Waals surface area (Å²) < 4.78 is 6.18. The average molecular weight is 363 g/mol. The van der Waals surface area contributed by atoms with Crippen LogP contribution in [-0.4, -0.2) is 16.0 Å². The number of anilines is 1. The molecule has 2 heterocycles. The van der Waals surface area contributed by atoms with E-state index >= 15 is 0 Å². The Balaban J connectivity index is 1.79. The maximum atomic E-state index is 13.0. The van der Waals surface area contributed by atoms with E-state index in [4.69, 9.17) is 9.51 Å². The molecule has 6 heteroatoms. The summed E-state index contributed by atoms with van der Waals surface area (Å²) in [5, 5.41) is 4.31. The first-order chi connectivity index (χ1) is 12.6. The molecule has 0 saturated carbocycles. The smallest absolute Gasteiger partial charge is 0.298 e. The number of rotatable bonds is 4. The molecular weight excluding hydrogens is 346 g/mol. The van der Waals surface area contributed by atoms with Gasteiger partial charge in [-0.05, 0) is 36.6 Å². The molecule has 0 bridgehead atoms. The molecule has 4 rings (SSSR count). The van der Waals surface area contributed by atoms with E-state index in [0.717, 1.165) is 26.9 Å². The van der Waals surface area contributed by atoms with Crippen LogP contribution in [0.5, 0.6) is 0 Å². The van der Waals surface area contributed by atoms with Crippen molar-refractivity contribution in [2.75, 3.05) is 4.90 Å². The van der Waals surface area contributed by atoms with Crippen LogP contribution < -0.4 is 4.90 Å². The highest BCUT2D eigenvalue weighted by atomic mass is 32.1. The van der Waals surface area contributed by atoms with Crippen molar-refractivity contribution in [3.05, 3.63) is 77.2 Å². The monoisotopic (exact) mass is 363 g/mol. The van der Waals surface area contributed by atoms with Crippen molar-refractivity contribution in [1.29, 1.82) is 0 Å². The standard InChI is InChI=1S/C20H17N3O2S/c1-13-10-14(2)18-16(11-13)22-20(26-18)23(12-15-6-4-3-5-7-15)19(24)17-8-9-21-25-17/h3-11H,12H2,1-2H3. The predicted octanol–water partition coefficient (Wildman–Crippen LogP) is 4.75. The van der Waals surface area contributed by atoms with E-state index in [0.29, 0.717) is 11.7 Å². The van der Waals surface area contributed by atoms with Crippen molar-refractivity contribution in [3.63, 3.8) is 0 Å². The van der Waals surface area contributed by atoms with Gasteiger partial charge in [-0.3, -0.25) is 9.69 Å². The number of fused-ring (bicyclic) bond motifs is 1. The van der Waals surface area contributed by atoms with Gasteiger partial charge in [0, 0.05) is 6.07 Å². The predicted molar refractivity (Wildman–Crippen MR) is 103 cm³/mol. The zero-order valence-corrected chi connectivity index (χ0v) is 15.3. The van der Waals surface area contributed by atoms with Gasteiger partial charge >= 0.3 is 0 Å². The number of hydrogen-bond acceptors (Lipinski definition) is 5. The van der Waals surface area contributed by atoms with Gasteiger partial charge in [0.1, 0.15) is 0 Å². The van der Waals surface area contributed by atoms with E-state index in [1.165, 1.54) is 17.5 Å². The Morgan fingerprint density at radius 3 is 2.69 bits per heavy atom. The van der Waals surface area contributed by atoms with Crippen LogP contribution in [0.15, 0.2) is 59.3 Å². The lowest BCUT2D eigenvalue weighted by Crippen LogP contribution is -2.30. The third kappa shape index (κ3) is 3.11. The first kappa shape index (κ1) is 16.5. The Labute approximate surface area is 154 Å². The summed E-state index contributed by atoms with van der Waals surface area (Å²) in [5.41, 5.74) is 4.25. The van der Waals surface area contributed by atoms with Gasteiger partial charge in [0.15, 0.2) is 5.13 Å². The van der Waals surface area contributed by atoms with Gasteiger partial charge in [0.2, 0.25) is 5.76 Å². The molecule has 5 nitrogen and oxygen atoms in total. The molecule has 0 aliphatic heterocycles.